The van der Waals surface area contributed by atoms with Gasteiger partial charge in [-0.25, -0.2) is 0 Å². The van der Waals surface area contributed by atoms with Gasteiger partial charge in [0.15, 0.2) is 6.29 Å². The fraction of sp³-hybridized carbons (Fsp3) is 0.143. The van der Waals surface area contributed by atoms with Crippen molar-refractivity contribution in [2.75, 3.05) is 5.45 Å². The molecule has 0 aliphatic rings. The van der Waals surface area contributed by atoms with Gasteiger partial charge in [0.2, 0.25) is 0 Å². The number of allylic oxidation sites excluding steroid dienone is 3. The van der Waals surface area contributed by atoms with Gasteiger partial charge in [-0.1, -0.05) is 34.7 Å². The van der Waals surface area contributed by atoms with Crippen molar-refractivity contribution in [1.82, 2.24) is 0 Å². The van der Waals surface area contributed by atoms with Crippen LogP contribution in [0.5, 0.6) is 0 Å². The molecule has 0 saturated carbocycles. The number of hydrogen-bond donors (Lipinski definition) is 0. The summed E-state index contributed by atoms with van der Waals surface area (Å²) in [4.78, 5) is 14.0. The minimum absolute atomic E-state index is 0.414. The molecular weight excluding hydrogens is 194 g/mol. The minimum atomic E-state index is 0.414. The van der Waals surface area contributed by atoms with E-state index < -0.39 is 0 Å². The molecule has 2 nitrogen and oxygen atoms in total. The van der Waals surface area contributed by atoms with Crippen molar-refractivity contribution < 1.29 is 4.79 Å². The van der Waals surface area contributed by atoms with Crippen LogP contribution in [0.4, 0.5) is 0 Å². The summed E-state index contributed by atoms with van der Waals surface area (Å²) in [6.07, 6.45) is 5.55. The lowest BCUT2D eigenvalue weighted by Gasteiger charge is -1.84. The topological polar surface area (TPSA) is 29.4 Å². The minimum Gasteiger partial charge on any atom is -0.296 e. The highest BCUT2D eigenvalue weighted by molar-refractivity contribution is 9.09. The molecule has 54 valence electrons. The number of nitrogens with zero attached hydrogens (tertiary/aromatic N) is 1. The molecule has 10 heavy (non-hydrogen) atoms. The number of aldehydes is 1. The molecule has 0 amide bonds. The lowest BCUT2D eigenvalue weighted by Crippen LogP contribution is -1.93. The summed E-state index contributed by atoms with van der Waals surface area (Å²) < 4.78 is 0. The van der Waals surface area contributed by atoms with Gasteiger partial charge in [0.25, 0.3) is 0 Å². The van der Waals surface area contributed by atoms with E-state index in [1.54, 1.807) is 18.2 Å². The summed E-state index contributed by atoms with van der Waals surface area (Å²) in [7, 11) is 0. The van der Waals surface area contributed by atoms with E-state index in [-0.39, 0.29) is 0 Å². The first-order valence-electron chi connectivity index (χ1n) is 2.70. The van der Waals surface area contributed by atoms with Crippen LogP contribution in [-0.4, -0.2) is 17.5 Å². The summed E-state index contributed by atoms with van der Waals surface area (Å²) in [5, 5.41) is 0. The highest BCUT2D eigenvalue weighted by atomic mass is 79.9. The third-order valence-electron chi connectivity index (χ3n) is 0.766. The molecule has 0 aromatic heterocycles. The first-order valence-corrected chi connectivity index (χ1v) is 3.82. The van der Waals surface area contributed by atoms with Crippen molar-refractivity contribution in [2.24, 2.45) is 4.99 Å². The molecule has 0 aliphatic heterocycles. The van der Waals surface area contributed by atoms with Gasteiger partial charge in [0.1, 0.15) is 0 Å². The molecular formula is C7H8BrNO. The molecule has 0 aromatic carbocycles. The van der Waals surface area contributed by atoms with Gasteiger partial charge in [0, 0.05) is 0 Å². The number of rotatable bonds is 4. The van der Waals surface area contributed by atoms with E-state index >= 15 is 0 Å². The van der Waals surface area contributed by atoms with E-state index in [9.17, 15) is 4.79 Å². The lowest BCUT2D eigenvalue weighted by molar-refractivity contribution is -0.102. The Morgan fingerprint density at radius 2 is 2.40 bits per heavy atom. The monoisotopic (exact) mass is 201 g/mol. The zero-order valence-corrected chi connectivity index (χ0v) is 7.04. The number of hydrogen-bond acceptors (Lipinski definition) is 2. The fourth-order valence-corrected chi connectivity index (χ4v) is 0.654. The zero-order valence-electron chi connectivity index (χ0n) is 5.46. The van der Waals surface area contributed by atoms with Crippen LogP contribution in [0.25, 0.3) is 0 Å². The number of aliphatic imine (C=N–C) groups is 1. The van der Waals surface area contributed by atoms with Gasteiger partial charge in [-0.15, -0.1) is 0 Å². The number of carbonyl (C=O) groups is 1. The molecule has 0 bridgehead atoms. The van der Waals surface area contributed by atoms with Crippen LogP contribution in [0, 0.1) is 0 Å². The van der Waals surface area contributed by atoms with Gasteiger partial charge in [0.05, 0.1) is 11.2 Å². The summed E-state index contributed by atoms with van der Waals surface area (Å²) in [5.41, 5.74) is 0.861. The van der Waals surface area contributed by atoms with Crippen LogP contribution in [0.3, 0.4) is 0 Å². The first-order chi connectivity index (χ1) is 4.85. The standard InChI is InChI=1S/C7H8BrNO/c1-2-3-4-7(5-10)9-6-8/h2-5H,1,6H2/b4-3-,9-7+. The largest absolute Gasteiger partial charge is 0.296 e. The molecule has 0 unspecified atom stereocenters. The maximum absolute atomic E-state index is 10.2. The molecule has 0 fully saturated rings. The molecule has 0 rings (SSSR count). The van der Waals surface area contributed by atoms with Gasteiger partial charge >= 0.3 is 0 Å². The summed E-state index contributed by atoms with van der Waals surface area (Å²) in [5.74, 6) is 0. The Hall–Kier alpha value is -0.700. The smallest absolute Gasteiger partial charge is 0.168 e. The average Bonchev–Trinajstić information content (AvgIpc) is 1.98. The summed E-state index contributed by atoms with van der Waals surface area (Å²) in [6, 6.07) is 0. The Bertz CT molecular complexity index is 172. The maximum Gasteiger partial charge on any atom is 0.168 e. The molecule has 0 aromatic rings. The van der Waals surface area contributed by atoms with E-state index in [4.69, 9.17) is 0 Å². The quantitative estimate of drug-likeness (QED) is 0.224. The van der Waals surface area contributed by atoms with E-state index in [0.717, 1.165) is 0 Å². The Morgan fingerprint density at radius 3 is 2.80 bits per heavy atom. The molecule has 0 saturated heterocycles. The summed E-state index contributed by atoms with van der Waals surface area (Å²) >= 11 is 3.08. The third-order valence-corrected chi connectivity index (χ3v) is 1.02. The normalized spacial score (nSPS) is 11.9. The van der Waals surface area contributed by atoms with Crippen molar-refractivity contribution in [3.63, 3.8) is 0 Å². The Balaban J connectivity index is 4.07. The van der Waals surface area contributed by atoms with Gasteiger partial charge < -0.3 is 0 Å². The van der Waals surface area contributed by atoms with Crippen molar-refractivity contribution in [3.8, 4) is 0 Å². The van der Waals surface area contributed by atoms with Crippen LogP contribution in [0.1, 0.15) is 0 Å². The van der Waals surface area contributed by atoms with E-state index in [1.165, 1.54) is 0 Å². The van der Waals surface area contributed by atoms with Gasteiger partial charge in [-0.2, -0.15) is 0 Å². The average molecular weight is 202 g/mol. The predicted molar refractivity (Wildman–Crippen MR) is 46.6 cm³/mol. The van der Waals surface area contributed by atoms with Crippen molar-refractivity contribution >= 4 is 27.9 Å². The molecule has 3 heteroatoms. The first kappa shape index (κ1) is 9.30. The molecule has 0 radical (unpaired) electrons. The number of alkyl halides is 1. The predicted octanol–water partition coefficient (Wildman–Crippen LogP) is 1.72. The molecule has 0 spiro atoms. The van der Waals surface area contributed by atoms with E-state index in [1.807, 2.05) is 0 Å². The second kappa shape index (κ2) is 6.42. The van der Waals surface area contributed by atoms with Crippen LogP contribution < -0.4 is 0 Å². The summed E-state index contributed by atoms with van der Waals surface area (Å²) in [6.45, 7) is 3.46. The molecule has 0 aliphatic carbocycles. The van der Waals surface area contributed by atoms with Crippen LogP contribution >= 0.6 is 15.9 Å². The Labute approximate surface area is 68.5 Å². The molecule has 0 heterocycles. The number of carbonyl (C=O) groups excluding carboxylic acids is 1. The van der Waals surface area contributed by atoms with Crippen molar-refractivity contribution in [1.29, 1.82) is 0 Å². The van der Waals surface area contributed by atoms with E-state index in [0.29, 0.717) is 17.5 Å². The second-order valence-electron chi connectivity index (χ2n) is 1.42. The maximum atomic E-state index is 10.2. The van der Waals surface area contributed by atoms with Crippen molar-refractivity contribution in [2.45, 2.75) is 0 Å². The van der Waals surface area contributed by atoms with Crippen LogP contribution in [0.2, 0.25) is 0 Å². The highest BCUT2D eigenvalue weighted by Crippen LogP contribution is 1.84. The highest BCUT2D eigenvalue weighted by Gasteiger charge is 1.85. The lowest BCUT2D eigenvalue weighted by atomic mass is 10.3. The second-order valence-corrected chi connectivity index (χ2v) is 1.92. The van der Waals surface area contributed by atoms with Crippen LogP contribution in [0.15, 0.2) is 29.8 Å². The van der Waals surface area contributed by atoms with E-state index in [2.05, 4.69) is 27.5 Å². The number of halogens is 1. The van der Waals surface area contributed by atoms with Gasteiger partial charge in [-0.3, -0.25) is 9.79 Å². The Morgan fingerprint density at radius 1 is 1.70 bits per heavy atom. The zero-order chi connectivity index (χ0) is 7.82. The van der Waals surface area contributed by atoms with Crippen LogP contribution in [-0.2, 0) is 4.79 Å². The third kappa shape index (κ3) is 4.21. The van der Waals surface area contributed by atoms with Crippen molar-refractivity contribution in [3.05, 3.63) is 24.8 Å². The fourth-order valence-electron chi connectivity index (χ4n) is 0.365. The molecule has 0 N–H and O–H groups in total. The van der Waals surface area contributed by atoms with Gasteiger partial charge in [-0.05, 0) is 6.08 Å². The SMILES string of the molecule is C=C/C=C\C(C=O)=N/CBr. The Kier molecular flexibility index (Phi) is 5.97. The molecule has 0 atom stereocenters.